The number of hydrogen-bond acceptors (Lipinski definition) is 4. The number of carbonyl (C=O) groups excluding carboxylic acids is 1. The van der Waals surface area contributed by atoms with E-state index in [9.17, 15) is 4.79 Å². The Balaban J connectivity index is 1.68. The fourth-order valence-corrected chi connectivity index (χ4v) is 4.41. The maximum atomic E-state index is 12.3. The number of nitrogens with zero attached hydrogens (tertiary/aromatic N) is 3. The molecule has 5 nitrogen and oxygen atoms in total. The number of carbonyl (C=O) groups is 1. The Morgan fingerprint density at radius 2 is 1.63 bits per heavy atom. The van der Waals surface area contributed by atoms with Gasteiger partial charge in [-0.15, -0.1) is 5.10 Å². The molecule has 0 aliphatic carbocycles. The molecule has 0 saturated heterocycles. The molecule has 0 aliphatic heterocycles. The Morgan fingerprint density at radius 3 is 2.33 bits per heavy atom. The van der Waals surface area contributed by atoms with Crippen LogP contribution in [0.4, 0.5) is 0 Å². The normalized spacial score (nSPS) is 12.9. The van der Waals surface area contributed by atoms with Gasteiger partial charge in [-0.25, -0.2) is 9.48 Å². The van der Waals surface area contributed by atoms with Gasteiger partial charge in [0, 0.05) is 5.56 Å². The van der Waals surface area contributed by atoms with Crippen molar-refractivity contribution in [3.63, 3.8) is 0 Å². The molecule has 0 amide bonds. The molecule has 0 unspecified atom stereocenters. The van der Waals surface area contributed by atoms with Crippen LogP contribution in [0.5, 0.6) is 0 Å². The summed E-state index contributed by atoms with van der Waals surface area (Å²) in [6.07, 6.45) is 2.50. The Hall–Kier alpha value is -3.47. The van der Waals surface area contributed by atoms with Crippen LogP contribution in [0, 0.1) is 5.92 Å². The minimum absolute atomic E-state index is 0.296. The van der Waals surface area contributed by atoms with E-state index in [2.05, 4.69) is 78.8 Å². The van der Waals surface area contributed by atoms with Crippen molar-refractivity contribution in [1.29, 1.82) is 0 Å². The molecule has 0 fully saturated rings. The molecule has 1 aromatic heterocycles. The van der Waals surface area contributed by atoms with Crippen molar-refractivity contribution in [1.82, 2.24) is 15.0 Å². The molecular weight excluding hydrogens is 374 g/mol. The molecular formula is C25H23N3O2. The largest absolute Gasteiger partial charge is 0.467 e. The average molecular weight is 397 g/mol. The zero-order chi connectivity index (χ0) is 20.8. The maximum absolute atomic E-state index is 12.3. The van der Waals surface area contributed by atoms with E-state index >= 15 is 0 Å². The topological polar surface area (TPSA) is 57.0 Å². The smallest absolute Gasteiger partial charge is 0.330 e. The molecule has 5 rings (SSSR count). The Bertz CT molecular complexity index is 1350. The quantitative estimate of drug-likeness (QED) is 0.286. The van der Waals surface area contributed by atoms with E-state index in [0.717, 1.165) is 16.6 Å². The fraction of sp³-hybridized carbons (Fsp3) is 0.240. The second kappa shape index (κ2) is 7.10. The number of aromatic nitrogens is 3. The Labute approximate surface area is 174 Å². The van der Waals surface area contributed by atoms with Crippen molar-refractivity contribution in [2.45, 2.75) is 26.3 Å². The Kier molecular flexibility index (Phi) is 4.39. The number of hydrogen-bond donors (Lipinski definition) is 0. The summed E-state index contributed by atoms with van der Waals surface area (Å²) in [5.74, 6) is 0.0341. The molecule has 5 heteroatoms. The van der Waals surface area contributed by atoms with E-state index in [-0.39, 0.29) is 5.97 Å². The summed E-state index contributed by atoms with van der Waals surface area (Å²) in [6, 6.07) is 18.8. The summed E-state index contributed by atoms with van der Waals surface area (Å²) in [7, 11) is 1.41. The SMILES string of the molecule is COC(=O)[C@H](CC(C)C)n1cc(-c2ccc3ccc4cccc5ccc2c3c45)nn1. The molecule has 1 atom stereocenters. The van der Waals surface area contributed by atoms with Gasteiger partial charge in [0.1, 0.15) is 5.69 Å². The first kappa shape index (κ1) is 18.6. The summed E-state index contributed by atoms with van der Waals surface area (Å²) in [5, 5.41) is 16.0. The van der Waals surface area contributed by atoms with E-state index in [0.29, 0.717) is 12.3 Å². The molecule has 30 heavy (non-hydrogen) atoms. The lowest BCUT2D eigenvalue weighted by atomic mass is 9.91. The minimum atomic E-state index is -0.476. The zero-order valence-electron chi connectivity index (χ0n) is 17.3. The monoisotopic (exact) mass is 397 g/mol. The van der Waals surface area contributed by atoms with Gasteiger partial charge in [-0.2, -0.15) is 0 Å². The lowest BCUT2D eigenvalue weighted by Gasteiger charge is -2.16. The second-order valence-electron chi connectivity index (χ2n) is 8.22. The number of ether oxygens (including phenoxy) is 1. The van der Waals surface area contributed by atoms with Crippen LogP contribution in [0.15, 0.2) is 60.8 Å². The van der Waals surface area contributed by atoms with Crippen LogP contribution in [0.3, 0.4) is 0 Å². The van der Waals surface area contributed by atoms with E-state index < -0.39 is 6.04 Å². The summed E-state index contributed by atoms with van der Waals surface area (Å²) < 4.78 is 6.64. The summed E-state index contributed by atoms with van der Waals surface area (Å²) >= 11 is 0. The highest BCUT2D eigenvalue weighted by molar-refractivity contribution is 6.25. The third-order valence-corrected chi connectivity index (χ3v) is 5.80. The van der Waals surface area contributed by atoms with Crippen molar-refractivity contribution in [2.24, 2.45) is 5.92 Å². The van der Waals surface area contributed by atoms with Crippen molar-refractivity contribution in [3.05, 3.63) is 60.8 Å². The molecule has 0 bridgehead atoms. The molecule has 0 aliphatic rings. The molecule has 4 aromatic carbocycles. The van der Waals surface area contributed by atoms with Crippen molar-refractivity contribution in [3.8, 4) is 11.3 Å². The maximum Gasteiger partial charge on any atom is 0.330 e. The highest BCUT2D eigenvalue weighted by Crippen LogP contribution is 2.38. The van der Waals surface area contributed by atoms with Gasteiger partial charge < -0.3 is 4.74 Å². The number of esters is 1. The molecule has 0 radical (unpaired) electrons. The van der Waals surface area contributed by atoms with Gasteiger partial charge in [-0.05, 0) is 44.7 Å². The molecule has 0 spiro atoms. The predicted molar refractivity (Wildman–Crippen MR) is 120 cm³/mol. The van der Waals surface area contributed by atoms with Crippen LogP contribution in [0.2, 0.25) is 0 Å². The van der Waals surface area contributed by atoms with Crippen LogP contribution in [0.1, 0.15) is 26.3 Å². The molecule has 0 saturated carbocycles. The lowest BCUT2D eigenvalue weighted by molar-refractivity contribution is -0.145. The standard InChI is InChI=1S/C25H23N3O2/c1-15(2)13-22(25(29)30-3)28-14-21(26-27-28)19-11-9-18-8-7-16-5-4-6-17-10-12-20(19)24(18)23(16)17/h4-12,14-15,22H,13H2,1-3H3/t22-/m0/s1. The highest BCUT2D eigenvalue weighted by atomic mass is 16.5. The van der Waals surface area contributed by atoms with Gasteiger partial charge in [0.15, 0.2) is 6.04 Å². The van der Waals surface area contributed by atoms with Crippen LogP contribution in [-0.4, -0.2) is 28.1 Å². The highest BCUT2D eigenvalue weighted by Gasteiger charge is 2.24. The first-order valence-electron chi connectivity index (χ1n) is 10.2. The van der Waals surface area contributed by atoms with Gasteiger partial charge in [0.25, 0.3) is 0 Å². The van der Waals surface area contributed by atoms with E-state index in [1.54, 1.807) is 4.68 Å². The van der Waals surface area contributed by atoms with Gasteiger partial charge in [0.05, 0.1) is 13.3 Å². The molecule has 0 N–H and O–H groups in total. The third kappa shape index (κ3) is 2.89. The van der Waals surface area contributed by atoms with Crippen molar-refractivity contribution < 1.29 is 9.53 Å². The summed E-state index contributed by atoms with van der Waals surface area (Å²) in [6.45, 7) is 4.16. The first-order valence-corrected chi connectivity index (χ1v) is 10.2. The molecule has 1 heterocycles. The average Bonchev–Trinajstić information content (AvgIpc) is 3.24. The summed E-state index contributed by atoms with van der Waals surface area (Å²) in [5.41, 5.74) is 1.77. The minimum Gasteiger partial charge on any atom is -0.467 e. The van der Waals surface area contributed by atoms with Crippen molar-refractivity contribution in [2.75, 3.05) is 7.11 Å². The van der Waals surface area contributed by atoms with Crippen LogP contribution < -0.4 is 0 Å². The third-order valence-electron chi connectivity index (χ3n) is 5.80. The van der Waals surface area contributed by atoms with Gasteiger partial charge in [-0.3, -0.25) is 0 Å². The zero-order valence-corrected chi connectivity index (χ0v) is 17.3. The van der Waals surface area contributed by atoms with E-state index in [1.165, 1.54) is 34.0 Å². The lowest BCUT2D eigenvalue weighted by Crippen LogP contribution is -2.23. The first-order chi connectivity index (χ1) is 14.6. The van der Waals surface area contributed by atoms with Gasteiger partial charge >= 0.3 is 5.97 Å². The van der Waals surface area contributed by atoms with Crippen LogP contribution in [-0.2, 0) is 9.53 Å². The fourth-order valence-electron chi connectivity index (χ4n) is 4.41. The van der Waals surface area contributed by atoms with E-state index in [4.69, 9.17) is 4.74 Å². The van der Waals surface area contributed by atoms with Gasteiger partial charge in [0.2, 0.25) is 0 Å². The Morgan fingerprint density at radius 1 is 0.967 bits per heavy atom. The van der Waals surface area contributed by atoms with Crippen molar-refractivity contribution >= 4 is 38.3 Å². The number of rotatable bonds is 5. The predicted octanol–water partition coefficient (Wildman–Crippen LogP) is 5.60. The summed E-state index contributed by atoms with van der Waals surface area (Å²) in [4.78, 5) is 12.3. The van der Waals surface area contributed by atoms with Crippen LogP contribution >= 0.6 is 0 Å². The number of benzene rings is 4. The van der Waals surface area contributed by atoms with Gasteiger partial charge in [-0.1, -0.05) is 73.7 Å². The second-order valence-corrected chi connectivity index (χ2v) is 8.22. The van der Waals surface area contributed by atoms with Crippen LogP contribution in [0.25, 0.3) is 43.6 Å². The molecule has 5 aromatic rings. The van der Waals surface area contributed by atoms with E-state index in [1.807, 2.05) is 6.20 Å². The molecule has 150 valence electrons. The number of methoxy groups -OCH3 is 1.